The second-order valence-corrected chi connectivity index (χ2v) is 4.45. The van der Waals surface area contributed by atoms with E-state index in [0.29, 0.717) is 12.4 Å². The second kappa shape index (κ2) is 4.63. The Morgan fingerprint density at radius 1 is 1.29 bits per heavy atom. The maximum atomic E-state index is 3.89. The van der Waals surface area contributed by atoms with Gasteiger partial charge in [0, 0.05) is 6.54 Å². The van der Waals surface area contributed by atoms with Crippen LogP contribution in [-0.2, 0) is 13.1 Å². The molecule has 1 heterocycles. The van der Waals surface area contributed by atoms with Crippen LogP contribution in [0.1, 0.15) is 35.7 Å². The largest absolute Gasteiger partial charge is 0.306 e. The number of hydrogen-bond acceptors (Lipinski definition) is 4. The minimum atomic E-state index is 0.643. The van der Waals surface area contributed by atoms with Crippen molar-refractivity contribution in [3.05, 3.63) is 41.2 Å². The topological polar surface area (TPSA) is 66.5 Å². The lowest BCUT2D eigenvalue weighted by molar-refractivity contribution is 0.663. The van der Waals surface area contributed by atoms with Crippen LogP contribution < -0.4 is 5.32 Å². The minimum Gasteiger partial charge on any atom is -0.306 e. The zero-order valence-corrected chi connectivity index (χ0v) is 9.56. The van der Waals surface area contributed by atoms with Gasteiger partial charge in [-0.1, -0.05) is 29.5 Å². The molecule has 2 N–H and O–H groups in total. The Kier molecular flexibility index (Phi) is 2.83. The van der Waals surface area contributed by atoms with Crippen molar-refractivity contribution < 1.29 is 0 Å². The quantitative estimate of drug-likeness (QED) is 0.812. The number of benzene rings is 1. The molecule has 0 radical (unpaired) electrons. The number of nitrogens with zero attached hydrogens (tertiary/aromatic N) is 3. The van der Waals surface area contributed by atoms with Gasteiger partial charge in [-0.2, -0.15) is 5.21 Å². The van der Waals surface area contributed by atoms with E-state index < -0.39 is 0 Å². The Morgan fingerprint density at radius 3 is 3.00 bits per heavy atom. The van der Waals surface area contributed by atoms with Gasteiger partial charge >= 0.3 is 0 Å². The zero-order chi connectivity index (χ0) is 11.5. The molecule has 2 aromatic rings. The third-order valence-corrected chi connectivity index (χ3v) is 3.00. The van der Waals surface area contributed by atoms with Crippen LogP contribution in [0.3, 0.4) is 0 Å². The SMILES string of the molecule is c1cc(CNCc2nn[nH]n2)cc(C2CC2)c1. The molecule has 3 rings (SSSR count). The van der Waals surface area contributed by atoms with Crippen molar-refractivity contribution in [2.45, 2.75) is 31.8 Å². The van der Waals surface area contributed by atoms with Gasteiger partial charge in [0.2, 0.25) is 0 Å². The molecule has 1 fully saturated rings. The zero-order valence-electron chi connectivity index (χ0n) is 9.56. The molecule has 5 heteroatoms. The third kappa shape index (κ3) is 2.68. The molecule has 1 aromatic heterocycles. The van der Waals surface area contributed by atoms with Crippen molar-refractivity contribution in [2.75, 3.05) is 0 Å². The van der Waals surface area contributed by atoms with Crippen LogP contribution in [0.15, 0.2) is 24.3 Å². The molecule has 5 nitrogen and oxygen atoms in total. The molecule has 0 spiro atoms. The molecule has 0 saturated heterocycles. The van der Waals surface area contributed by atoms with Crippen molar-refractivity contribution in [3.8, 4) is 0 Å². The summed E-state index contributed by atoms with van der Waals surface area (Å²) in [5, 5.41) is 17.1. The molecule has 0 bridgehead atoms. The van der Waals surface area contributed by atoms with Gasteiger partial charge in [0.05, 0.1) is 6.54 Å². The number of nitrogens with one attached hydrogen (secondary N) is 2. The normalized spacial score (nSPS) is 15.1. The van der Waals surface area contributed by atoms with Crippen molar-refractivity contribution in [3.63, 3.8) is 0 Å². The van der Waals surface area contributed by atoms with E-state index in [9.17, 15) is 0 Å². The van der Waals surface area contributed by atoms with E-state index in [1.54, 1.807) is 0 Å². The van der Waals surface area contributed by atoms with Gasteiger partial charge in [0.15, 0.2) is 5.82 Å². The van der Waals surface area contributed by atoms with Crippen molar-refractivity contribution in [1.29, 1.82) is 0 Å². The highest BCUT2D eigenvalue weighted by Crippen LogP contribution is 2.40. The molecule has 0 atom stereocenters. The highest BCUT2D eigenvalue weighted by molar-refractivity contribution is 5.29. The van der Waals surface area contributed by atoms with E-state index in [4.69, 9.17) is 0 Å². The van der Waals surface area contributed by atoms with Crippen LogP contribution in [0.2, 0.25) is 0 Å². The molecule has 1 saturated carbocycles. The Hall–Kier alpha value is -1.75. The van der Waals surface area contributed by atoms with Gasteiger partial charge in [0.25, 0.3) is 0 Å². The van der Waals surface area contributed by atoms with Gasteiger partial charge < -0.3 is 5.32 Å². The molecule has 1 aliphatic rings. The Labute approximate surface area is 99.6 Å². The van der Waals surface area contributed by atoms with Crippen LogP contribution in [0, 0.1) is 0 Å². The fourth-order valence-corrected chi connectivity index (χ4v) is 1.95. The van der Waals surface area contributed by atoms with E-state index in [1.165, 1.54) is 24.0 Å². The number of tetrazole rings is 1. The molecule has 0 amide bonds. The summed E-state index contributed by atoms with van der Waals surface area (Å²) < 4.78 is 0. The molecule has 1 aromatic carbocycles. The van der Waals surface area contributed by atoms with Crippen LogP contribution >= 0.6 is 0 Å². The van der Waals surface area contributed by atoms with Crippen LogP contribution in [0.25, 0.3) is 0 Å². The minimum absolute atomic E-state index is 0.643. The number of aromatic amines is 1. The average Bonchev–Trinajstić information content (AvgIpc) is 3.09. The van der Waals surface area contributed by atoms with Gasteiger partial charge in [-0.3, -0.25) is 0 Å². The maximum absolute atomic E-state index is 3.89. The Bertz CT molecular complexity index is 475. The van der Waals surface area contributed by atoms with Crippen LogP contribution in [-0.4, -0.2) is 20.6 Å². The fraction of sp³-hybridized carbons (Fsp3) is 0.417. The fourth-order valence-electron chi connectivity index (χ4n) is 1.95. The van der Waals surface area contributed by atoms with Gasteiger partial charge in [0.1, 0.15) is 0 Å². The Morgan fingerprint density at radius 2 is 2.24 bits per heavy atom. The van der Waals surface area contributed by atoms with E-state index >= 15 is 0 Å². The van der Waals surface area contributed by atoms with Crippen molar-refractivity contribution in [2.24, 2.45) is 0 Å². The van der Waals surface area contributed by atoms with E-state index in [-0.39, 0.29) is 0 Å². The summed E-state index contributed by atoms with van der Waals surface area (Å²) in [5.41, 5.74) is 2.79. The van der Waals surface area contributed by atoms with Gasteiger partial charge in [-0.25, -0.2) is 0 Å². The first-order chi connectivity index (χ1) is 8.42. The summed E-state index contributed by atoms with van der Waals surface area (Å²) in [6, 6.07) is 8.80. The lowest BCUT2D eigenvalue weighted by Crippen LogP contribution is -2.13. The van der Waals surface area contributed by atoms with E-state index in [2.05, 4.69) is 50.2 Å². The first-order valence-electron chi connectivity index (χ1n) is 5.94. The average molecular weight is 229 g/mol. The molecular formula is C12H15N5. The summed E-state index contributed by atoms with van der Waals surface area (Å²) in [6.45, 7) is 1.49. The van der Waals surface area contributed by atoms with E-state index in [0.717, 1.165) is 12.5 Å². The second-order valence-electron chi connectivity index (χ2n) is 4.45. The predicted molar refractivity (Wildman–Crippen MR) is 63.1 cm³/mol. The summed E-state index contributed by atoms with van der Waals surface area (Å²) >= 11 is 0. The maximum Gasteiger partial charge on any atom is 0.188 e. The molecular weight excluding hydrogens is 214 g/mol. The van der Waals surface area contributed by atoms with Gasteiger partial charge in [-0.05, 0) is 29.9 Å². The lowest BCUT2D eigenvalue weighted by Gasteiger charge is -2.04. The number of hydrogen-bond donors (Lipinski definition) is 2. The third-order valence-electron chi connectivity index (χ3n) is 3.00. The molecule has 88 valence electrons. The summed E-state index contributed by atoms with van der Waals surface area (Å²) in [6.07, 6.45) is 2.69. The summed E-state index contributed by atoms with van der Waals surface area (Å²) in [5.74, 6) is 1.51. The predicted octanol–water partition coefficient (Wildman–Crippen LogP) is 1.37. The number of aromatic nitrogens is 4. The van der Waals surface area contributed by atoms with E-state index in [1.807, 2.05) is 0 Å². The summed E-state index contributed by atoms with van der Waals surface area (Å²) in [7, 11) is 0. The molecule has 0 aliphatic heterocycles. The molecule has 0 unspecified atom stereocenters. The Balaban J connectivity index is 1.55. The highest BCUT2D eigenvalue weighted by atomic mass is 15.5. The van der Waals surface area contributed by atoms with Crippen LogP contribution in [0.4, 0.5) is 0 Å². The molecule has 17 heavy (non-hydrogen) atoms. The summed E-state index contributed by atoms with van der Waals surface area (Å²) in [4.78, 5) is 0. The van der Waals surface area contributed by atoms with Crippen molar-refractivity contribution >= 4 is 0 Å². The molecule has 1 aliphatic carbocycles. The highest BCUT2D eigenvalue weighted by Gasteiger charge is 2.23. The standard InChI is InChI=1S/C12H15N5/c1-2-9(6-11(3-1)10-4-5-10)7-13-8-12-14-16-17-15-12/h1-3,6,10,13H,4-5,7-8H2,(H,14,15,16,17). The number of H-pyrrole nitrogens is 1. The smallest absolute Gasteiger partial charge is 0.188 e. The first-order valence-corrected chi connectivity index (χ1v) is 5.94. The van der Waals surface area contributed by atoms with Gasteiger partial charge in [-0.15, -0.1) is 10.2 Å². The van der Waals surface area contributed by atoms with Crippen molar-refractivity contribution in [1.82, 2.24) is 25.9 Å². The van der Waals surface area contributed by atoms with Crippen LogP contribution in [0.5, 0.6) is 0 Å². The number of rotatable bonds is 5. The monoisotopic (exact) mass is 229 g/mol. The first kappa shape index (κ1) is 10.4. The lowest BCUT2D eigenvalue weighted by atomic mass is 10.1.